The highest BCUT2D eigenvalue weighted by molar-refractivity contribution is 5.81. The topological polar surface area (TPSA) is 101 Å². The minimum Gasteiger partial charge on any atom is -0.481 e. The van der Waals surface area contributed by atoms with Crippen LogP contribution in [0.1, 0.15) is 43.1 Å². The zero-order valence-electron chi connectivity index (χ0n) is 15.8. The largest absolute Gasteiger partial charge is 0.481 e. The lowest BCUT2D eigenvalue weighted by atomic mass is 9.92. The van der Waals surface area contributed by atoms with Crippen molar-refractivity contribution in [1.82, 2.24) is 25.1 Å². The number of tetrazole rings is 1. The van der Waals surface area contributed by atoms with Crippen LogP contribution in [-0.4, -0.2) is 55.2 Å². The molecule has 1 saturated heterocycles. The van der Waals surface area contributed by atoms with E-state index in [0.29, 0.717) is 31.8 Å². The fraction of sp³-hybridized carbons (Fsp3) is 0.526. The average molecular weight is 389 g/mol. The van der Waals surface area contributed by atoms with E-state index in [1.165, 1.54) is 16.8 Å². The summed E-state index contributed by atoms with van der Waals surface area (Å²) in [6, 6.07) is 5.42. The standard InChI is InChI=1S/C19H24FN5O3/c1-13-21-22-23-25(13)17(11-14-4-7-16(20)8-5-14)19(28)24-10-2-3-15(12-24)6-9-18(26)27/h4-5,7-8,15,17H,2-3,6,9-12H2,1H3,(H,26,27). The number of likely N-dealkylation sites (tertiary alicyclic amines) is 1. The number of aliphatic carboxylic acids is 1. The Bertz CT molecular complexity index is 823. The zero-order chi connectivity index (χ0) is 20.1. The lowest BCUT2D eigenvalue weighted by Crippen LogP contribution is -2.44. The van der Waals surface area contributed by atoms with Gasteiger partial charge in [-0.25, -0.2) is 9.07 Å². The maximum atomic E-state index is 13.3. The predicted molar refractivity (Wildman–Crippen MR) is 97.9 cm³/mol. The molecule has 1 aromatic carbocycles. The molecule has 8 nitrogen and oxygen atoms in total. The van der Waals surface area contributed by atoms with E-state index < -0.39 is 12.0 Å². The van der Waals surface area contributed by atoms with Crippen LogP contribution < -0.4 is 0 Å². The number of piperidine rings is 1. The fourth-order valence-corrected chi connectivity index (χ4v) is 3.69. The van der Waals surface area contributed by atoms with Gasteiger partial charge in [-0.3, -0.25) is 9.59 Å². The van der Waals surface area contributed by atoms with Crippen LogP contribution in [0.25, 0.3) is 0 Å². The van der Waals surface area contributed by atoms with Gasteiger partial charge in [0.05, 0.1) is 0 Å². The normalized spacial score (nSPS) is 18.1. The first-order chi connectivity index (χ1) is 13.4. The summed E-state index contributed by atoms with van der Waals surface area (Å²) in [7, 11) is 0. The molecule has 1 fully saturated rings. The molecule has 2 unspecified atom stereocenters. The van der Waals surface area contributed by atoms with Gasteiger partial charge < -0.3 is 10.0 Å². The van der Waals surface area contributed by atoms with Crippen LogP contribution in [-0.2, 0) is 16.0 Å². The Morgan fingerprint density at radius 1 is 1.32 bits per heavy atom. The summed E-state index contributed by atoms with van der Waals surface area (Å²) in [5.74, 6) is -0.542. The molecule has 0 radical (unpaired) electrons. The van der Waals surface area contributed by atoms with E-state index in [1.54, 1.807) is 24.0 Å². The number of hydrogen-bond acceptors (Lipinski definition) is 5. The van der Waals surface area contributed by atoms with Crippen molar-refractivity contribution in [1.29, 1.82) is 0 Å². The van der Waals surface area contributed by atoms with Gasteiger partial charge in [0.25, 0.3) is 0 Å². The molecule has 1 amide bonds. The second-order valence-corrected chi connectivity index (χ2v) is 7.24. The van der Waals surface area contributed by atoms with Crippen molar-refractivity contribution in [2.24, 2.45) is 5.92 Å². The Balaban J connectivity index is 1.77. The van der Waals surface area contributed by atoms with Crippen molar-refractivity contribution in [3.8, 4) is 0 Å². The Kier molecular flexibility index (Phi) is 6.33. The number of carbonyl (C=O) groups excluding carboxylic acids is 1. The Morgan fingerprint density at radius 2 is 2.07 bits per heavy atom. The van der Waals surface area contributed by atoms with Gasteiger partial charge in [0, 0.05) is 25.9 Å². The fourth-order valence-electron chi connectivity index (χ4n) is 3.69. The second kappa shape index (κ2) is 8.90. The number of aryl methyl sites for hydroxylation is 1. The van der Waals surface area contributed by atoms with Gasteiger partial charge in [-0.05, 0) is 60.2 Å². The third-order valence-electron chi connectivity index (χ3n) is 5.18. The maximum Gasteiger partial charge on any atom is 0.303 e. The predicted octanol–water partition coefficient (Wildman–Crippen LogP) is 2.01. The van der Waals surface area contributed by atoms with E-state index in [2.05, 4.69) is 15.5 Å². The zero-order valence-corrected chi connectivity index (χ0v) is 15.8. The van der Waals surface area contributed by atoms with Crippen molar-refractivity contribution in [2.45, 2.75) is 45.1 Å². The molecule has 0 spiro atoms. The van der Waals surface area contributed by atoms with E-state index in [4.69, 9.17) is 5.11 Å². The molecule has 1 aliphatic heterocycles. The van der Waals surface area contributed by atoms with Crippen molar-refractivity contribution in [2.75, 3.05) is 13.1 Å². The molecule has 0 aliphatic carbocycles. The van der Waals surface area contributed by atoms with Gasteiger partial charge in [-0.1, -0.05) is 12.1 Å². The van der Waals surface area contributed by atoms with E-state index in [0.717, 1.165) is 18.4 Å². The highest BCUT2D eigenvalue weighted by Crippen LogP contribution is 2.25. The molecular weight excluding hydrogens is 365 g/mol. The lowest BCUT2D eigenvalue weighted by molar-refractivity contribution is -0.138. The second-order valence-electron chi connectivity index (χ2n) is 7.24. The van der Waals surface area contributed by atoms with E-state index in [9.17, 15) is 14.0 Å². The molecule has 2 heterocycles. The number of hydrogen-bond donors (Lipinski definition) is 1. The molecule has 9 heteroatoms. The van der Waals surface area contributed by atoms with Gasteiger partial charge in [-0.2, -0.15) is 0 Å². The molecular formula is C19H24FN5O3. The van der Waals surface area contributed by atoms with Crippen LogP contribution >= 0.6 is 0 Å². The number of carboxylic acids is 1. The molecule has 28 heavy (non-hydrogen) atoms. The summed E-state index contributed by atoms with van der Waals surface area (Å²) in [6.07, 6.45) is 2.78. The van der Waals surface area contributed by atoms with E-state index in [1.807, 2.05) is 0 Å². The minimum atomic E-state index is -0.818. The molecule has 3 rings (SSSR count). The SMILES string of the molecule is Cc1nnnn1C(Cc1ccc(F)cc1)C(=O)N1CCCC(CCC(=O)O)C1. The molecule has 1 aromatic heterocycles. The third kappa shape index (κ3) is 4.90. The van der Waals surface area contributed by atoms with E-state index in [-0.39, 0.29) is 24.1 Å². The molecule has 1 N–H and O–H groups in total. The molecule has 2 aromatic rings. The number of rotatable bonds is 7. The van der Waals surface area contributed by atoms with Crippen LogP contribution in [0.5, 0.6) is 0 Å². The highest BCUT2D eigenvalue weighted by atomic mass is 19.1. The summed E-state index contributed by atoms with van der Waals surface area (Å²) in [4.78, 5) is 26.0. The molecule has 0 saturated carbocycles. The molecule has 2 atom stereocenters. The first-order valence-electron chi connectivity index (χ1n) is 9.43. The van der Waals surface area contributed by atoms with Crippen molar-refractivity contribution in [3.05, 3.63) is 41.5 Å². The van der Waals surface area contributed by atoms with Crippen LogP contribution in [0.15, 0.2) is 24.3 Å². The van der Waals surface area contributed by atoms with Gasteiger partial charge in [0.1, 0.15) is 17.7 Å². The number of nitrogens with zero attached hydrogens (tertiary/aromatic N) is 5. The number of carbonyl (C=O) groups is 2. The van der Waals surface area contributed by atoms with Gasteiger partial charge in [0.15, 0.2) is 0 Å². The van der Waals surface area contributed by atoms with Crippen LogP contribution in [0.4, 0.5) is 4.39 Å². The molecule has 1 aliphatic rings. The van der Waals surface area contributed by atoms with Crippen molar-refractivity contribution in [3.63, 3.8) is 0 Å². The Hall–Kier alpha value is -2.84. The summed E-state index contributed by atoms with van der Waals surface area (Å²) in [6.45, 7) is 2.90. The third-order valence-corrected chi connectivity index (χ3v) is 5.18. The molecule has 0 bridgehead atoms. The Labute approximate surface area is 162 Å². The van der Waals surface area contributed by atoms with Gasteiger partial charge >= 0.3 is 5.97 Å². The number of amides is 1. The smallest absolute Gasteiger partial charge is 0.303 e. The monoisotopic (exact) mass is 389 g/mol. The van der Waals surface area contributed by atoms with Gasteiger partial charge in [-0.15, -0.1) is 5.10 Å². The summed E-state index contributed by atoms with van der Waals surface area (Å²) in [5, 5.41) is 20.4. The quantitative estimate of drug-likeness (QED) is 0.777. The summed E-state index contributed by atoms with van der Waals surface area (Å²) >= 11 is 0. The number of aromatic nitrogens is 4. The summed E-state index contributed by atoms with van der Waals surface area (Å²) < 4.78 is 14.7. The van der Waals surface area contributed by atoms with Crippen LogP contribution in [0.3, 0.4) is 0 Å². The Morgan fingerprint density at radius 3 is 2.71 bits per heavy atom. The highest BCUT2D eigenvalue weighted by Gasteiger charge is 2.32. The average Bonchev–Trinajstić information content (AvgIpc) is 3.11. The number of benzene rings is 1. The maximum absolute atomic E-state index is 13.3. The number of halogens is 1. The first-order valence-corrected chi connectivity index (χ1v) is 9.43. The van der Waals surface area contributed by atoms with Gasteiger partial charge in [0.2, 0.25) is 5.91 Å². The van der Waals surface area contributed by atoms with Crippen LogP contribution in [0.2, 0.25) is 0 Å². The summed E-state index contributed by atoms with van der Waals surface area (Å²) in [5.41, 5.74) is 0.814. The van der Waals surface area contributed by atoms with Crippen molar-refractivity contribution < 1.29 is 19.1 Å². The van der Waals surface area contributed by atoms with Crippen molar-refractivity contribution >= 4 is 11.9 Å². The van der Waals surface area contributed by atoms with Crippen LogP contribution in [0, 0.1) is 18.7 Å². The molecule has 150 valence electrons. The number of carboxylic acid groups (broad SMARTS) is 1. The first kappa shape index (κ1) is 19.9. The van der Waals surface area contributed by atoms with E-state index >= 15 is 0 Å². The lowest BCUT2D eigenvalue weighted by Gasteiger charge is -2.35. The minimum absolute atomic E-state index is 0.0975.